The van der Waals surface area contributed by atoms with E-state index in [0.29, 0.717) is 29.9 Å². The lowest BCUT2D eigenvalue weighted by Crippen LogP contribution is -2.53. The SMILES string of the molecule is Cc1c(N2CC[C@H](C)[C@@H](NC(=O)OC(C)(C)C)C2)c(F)cn2c(=O)c(C(=O)O)cc(C3CC3)c12. The van der Waals surface area contributed by atoms with Crippen LogP contribution in [0.5, 0.6) is 0 Å². The number of fused-ring (bicyclic) bond motifs is 1. The third kappa shape index (κ3) is 4.60. The Bertz CT molecular complexity index is 1210. The Morgan fingerprint density at radius 2 is 1.91 bits per heavy atom. The minimum absolute atomic E-state index is 0.161. The van der Waals surface area contributed by atoms with Crippen LogP contribution in [-0.4, -0.2) is 46.3 Å². The van der Waals surface area contributed by atoms with E-state index in [9.17, 15) is 19.5 Å². The molecule has 0 bridgehead atoms. The molecular weight excluding hydrogens is 441 g/mol. The minimum Gasteiger partial charge on any atom is -0.477 e. The topological polar surface area (TPSA) is 100 Å². The Balaban J connectivity index is 1.74. The number of rotatable bonds is 4. The quantitative estimate of drug-likeness (QED) is 0.695. The number of carbonyl (C=O) groups is 2. The van der Waals surface area contributed by atoms with E-state index in [1.165, 1.54) is 6.07 Å². The summed E-state index contributed by atoms with van der Waals surface area (Å²) in [5.41, 5.74) is 0.614. The van der Waals surface area contributed by atoms with E-state index >= 15 is 4.39 Å². The van der Waals surface area contributed by atoms with Gasteiger partial charge in [-0.3, -0.25) is 9.20 Å². The number of piperidine rings is 1. The molecule has 1 amide bonds. The van der Waals surface area contributed by atoms with Gasteiger partial charge in [0.15, 0.2) is 5.82 Å². The van der Waals surface area contributed by atoms with Gasteiger partial charge in [-0.05, 0) is 76.0 Å². The number of alkyl carbamates (subject to hydrolysis) is 1. The molecule has 8 nitrogen and oxygen atoms in total. The first-order valence-corrected chi connectivity index (χ1v) is 11.7. The second kappa shape index (κ2) is 8.60. The molecule has 2 aliphatic rings. The predicted molar refractivity (Wildman–Crippen MR) is 126 cm³/mol. The van der Waals surface area contributed by atoms with E-state index in [1.807, 2.05) is 11.8 Å². The van der Waals surface area contributed by atoms with Gasteiger partial charge in [-0.2, -0.15) is 0 Å². The van der Waals surface area contributed by atoms with E-state index in [4.69, 9.17) is 4.74 Å². The van der Waals surface area contributed by atoms with Crippen LogP contribution in [-0.2, 0) is 4.74 Å². The monoisotopic (exact) mass is 473 g/mol. The van der Waals surface area contributed by atoms with Gasteiger partial charge in [-0.15, -0.1) is 0 Å². The summed E-state index contributed by atoms with van der Waals surface area (Å²) < 4.78 is 22.0. The van der Waals surface area contributed by atoms with Gasteiger partial charge in [-0.1, -0.05) is 6.92 Å². The highest BCUT2D eigenvalue weighted by Gasteiger charge is 2.34. The Labute approximate surface area is 197 Å². The summed E-state index contributed by atoms with van der Waals surface area (Å²) in [6, 6.07) is 1.22. The number of nitrogens with zero attached hydrogens (tertiary/aromatic N) is 2. The lowest BCUT2D eigenvalue weighted by molar-refractivity contribution is 0.0483. The zero-order valence-electron chi connectivity index (χ0n) is 20.3. The number of carbonyl (C=O) groups excluding carboxylic acids is 1. The van der Waals surface area contributed by atoms with Crippen LogP contribution in [0.15, 0.2) is 17.1 Å². The molecule has 2 atom stereocenters. The number of halogens is 1. The molecule has 1 saturated carbocycles. The summed E-state index contributed by atoms with van der Waals surface area (Å²) in [6.45, 7) is 10.2. The highest BCUT2D eigenvalue weighted by Crippen LogP contribution is 2.44. The van der Waals surface area contributed by atoms with Crippen LogP contribution in [0.1, 0.15) is 74.4 Å². The van der Waals surface area contributed by atoms with Gasteiger partial charge in [0, 0.05) is 13.1 Å². The third-order valence-electron chi connectivity index (χ3n) is 6.67. The first-order valence-electron chi connectivity index (χ1n) is 11.7. The molecular formula is C25H32FN3O5. The Morgan fingerprint density at radius 3 is 2.50 bits per heavy atom. The van der Waals surface area contributed by atoms with Crippen LogP contribution in [0.4, 0.5) is 14.9 Å². The highest BCUT2D eigenvalue weighted by atomic mass is 19.1. The van der Waals surface area contributed by atoms with Crippen molar-refractivity contribution in [3.8, 4) is 0 Å². The second-order valence-corrected chi connectivity index (χ2v) is 10.5. The number of carboxylic acid groups (broad SMARTS) is 1. The number of pyridine rings is 2. The number of aromatic carboxylic acids is 1. The number of amides is 1. The Hall–Kier alpha value is -3.10. The van der Waals surface area contributed by atoms with Crippen molar-refractivity contribution in [1.29, 1.82) is 0 Å². The van der Waals surface area contributed by atoms with Gasteiger partial charge in [0.05, 0.1) is 23.4 Å². The molecule has 2 N–H and O–H groups in total. The number of aromatic nitrogens is 1. The maximum atomic E-state index is 15.5. The standard InChI is InChI=1S/C25H32FN3O5/c1-13-8-9-28(12-19(13)27-24(33)34-25(3,4)5)21-14(2)20-16(15-6-7-15)10-17(23(31)32)22(30)29(20)11-18(21)26/h10-11,13,15,19H,6-9,12H2,1-5H3,(H,27,33)(H,31,32)/t13-,19-/m0/s1. The fourth-order valence-electron chi connectivity index (χ4n) is 4.81. The number of hydrogen-bond donors (Lipinski definition) is 2. The lowest BCUT2D eigenvalue weighted by atomic mass is 9.92. The van der Waals surface area contributed by atoms with Crippen LogP contribution in [0.25, 0.3) is 5.52 Å². The van der Waals surface area contributed by atoms with E-state index in [1.54, 1.807) is 27.7 Å². The van der Waals surface area contributed by atoms with Gasteiger partial charge in [-0.25, -0.2) is 14.0 Å². The average molecular weight is 474 g/mol. The number of nitrogens with one attached hydrogen (secondary N) is 1. The summed E-state index contributed by atoms with van der Waals surface area (Å²) in [6.07, 6.45) is 3.15. The minimum atomic E-state index is -1.32. The van der Waals surface area contributed by atoms with Crippen LogP contribution < -0.4 is 15.8 Å². The first-order chi connectivity index (χ1) is 15.9. The molecule has 1 saturated heterocycles. The van der Waals surface area contributed by atoms with Crippen LogP contribution in [0, 0.1) is 18.7 Å². The molecule has 2 aromatic heterocycles. The number of carboxylic acids is 1. The van der Waals surface area contributed by atoms with Crippen molar-refractivity contribution >= 4 is 23.3 Å². The van der Waals surface area contributed by atoms with Crippen LogP contribution in [0.3, 0.4) is 0 Å². The van der Waals surface area contributed by atoms with Crippen molar-refractivity contribution < 1.29 is 23.8 Å². The molecule has 34 heavy (non-hydrogen) atoms. The molecule has 0 unspecified atom stereocenters. The third-order valence-corrected chi connectivity index (χ3v) is 6.67. The Morgan fingerprint density at radius 1 is 1.24 bits per heavy atom. The predicted octanol–water partition coefficient (Wildman–Crippen LogP) is 4.06. The summed E-state index contributed by atoms with van der Waals surface area (Å²) in [4.78, 5) is 38.7. The molecule has 2 aromatic rings. The van der Waals surface area contributed by atoms with Crippen molar-refractivity contribution in [2.24, 2.45) is 5.92 Å². The van der Waals surface area contributed by atoms with E-state index in [2.05, 4.69) is 5.32 Å². The molecule has 0 spiro atoms. The summed E-state index contributed by atoms with van der Waals surface area (Å²) >= 11 is 0. The van der Waals surface area contributed by atoms with Crippen molar-refractivity contribution in [2.45, 2.75) is 71.4 Å². The lowest BCUT2D eigenvalue weighted by Gasteiger charge is -2.39. The number of hydrogen-bond acceptors (Lipinski definition) is 5. The average Bonchev–Trinajstić information content (AvgIpc) is 3.54. The van der Waals surface area contributed by atoms with Crippen molar-refractivity contribution in [3.05, 3.63) is 45.1 Å². The smallest absolute Gasteiger partial charge is 0.407 e. The first kappa shape index (κ1) is 24.0. The van der Waals surface area contributed by atoms with Crippen LogP contribution in [0.2, 0.25) is 0 Å². The van der Waals surface area contributed by atoms with Gasteiger partial charge >= 0.3 is 12.1 Å². The van der Waals surface area contributed by atoms with E-state index < -0.39 is 29.0 Å². The summed E-state index contributed by atoms with van der Waals surface area (Å²) in [7, 11) is 0. The summed E-state index contributed by atoms with van der Waals surface area (Å²) in [5, 5.41) is 12.4. The van der Waals surface area contributed by atoms with E-state index in [-0.39, 0.29) is 23.4 Å². The molecule has 184 valence electrons. The van der Waals surface area contributed by atoms with Crippen molar-refractivity contribution in [1.82, 2.24) is 9.72 Å². The van der Waals surface area contributed by atoms with Crippen LogP contribution >= 0.6 is 0 Å². The summed E-state index contributed by atoms with van der Waals surface area (Å²) in [5.74, 6) is -1.57. The van der Waals surface area contributed by atoms with Crippen molar-refractivity contribution in [3.63, 3.8) is 0 Å². The fourth-order valence-corrected chi connectivity index (χ4v) is 4.81. The molecule has 1 aliphatic carbocycles. The van der Waals surface area contributed by atoms with Gasteiger partial charge in [0.1, 0.15) is 11.2 Å². The molecule has 9 heteroatoms. The molecule has 0 radical (unpaired) electrons. The van der Waals surface area contributed by atoms with Gasteiger partial charge in [0.25, 0.3) is 5.56 Å². The molecule has 1 aliphatic heterocycles. The number of aryl methyl sites for hydroxylation is 1. The largest absolute Gasteiger partial charge is 0.477 e. The fraction of sp³-hybridized carbons (Fsp3) is 0.560. The Kier molecular flexibility index (Phi) is 6.08. The zero-order valence-corrected chi connectivity index (χ0v) is 20.3. The van der Waals surface area contributed by atoms with Gasteiger partial charge < -0.3 is 20.1 Å². The molecule has 2 fully saturated rings. The number of ether oxygens (including phenoxy) is 1. The second-order valence-electron chi connectivity index (χ2n) is 10.5. The highest BCUT2D eigenvalue weighted by molar-refractivity contribution is 5.89. The molecule has 3 heterocycles. The molecule has 4 rings (SSSR count). The maximum Gasteiger partial charge on any atom is 0.407 e. The number of anilines is 1. The zero-order chi connectivity index (χ0) is 24.9. The maximum absolute atomic E-state index is 15.5. The molecule has 0 aromatic carbocycles. The van der Waals surface area contributed by atoms with Crippen molar-refractivity contribution in [2.75, 3.05) is 18.0 Å². The van der Waals surface area contributed by atoms with Gasteiger partial charge in [0.2, 0.25) is 0 Å². The van der Waals surface area contributed by atoms with E-state index in [0.717, 1.165) is 35.4 Å². The normalized spacial score (nSPS) is 20.9.